The summed E-state index contributed by atoms with van der Waals surface area (Å²) in [5.41, 5.74) is 12.1. The fraction of sp³-hybridized carbons (Fsp3) is 0.368. The first-order valence-corrected chi connectivity index (χ1v) is 8.97. The van der Waals surface area contributed by atoms with Crippen molar-refractivity contribution in [1.82, 2.24) is 14.8 Å². The number of hydrogen-bond donors (Lipinski definition) is 2. The third-order valence-electron chi connectivity index (χ3n) is 3.45. The molecule has 1 amide bonds. The molecule has 0 spiro atoms. The van der Waals surface area contributed by atoms with Gasteiger partial charge in [0.15, 0.2) is 11.6 Å². The van der Waals surface area contributed by atoms with E-state index in [1.165, 1.54) is 4.90 Å². The number of amides is 1. The summed E-state index contributed by atoms with van der Waals surface area (Å²) in [6.45, 7) is 5.28. The number of hydrogen-bond acceptors (Lipinski definition) is 8. The normalized spacial score (nSPS) is 10.5. The first-order chi connectivity index (χ1) is 13.4. The van der Waals surface area contributed by atoms with Gasteiger partial charge < -0.3 is 26.0 Å². The smallest absolute Gasteiger partial charge is 0.408 e. The summed E-state index contributed by atoms with van der Waals surface area (Å²) in [6.07, 6.45) is -0.469. The molecule has 9 nitrogen and oxygen atoms in total. The van der Waals surface area contributed by atoms with Crippen molar-refractivity contribution in [3.63, 3.8) is 0 Å². The van der Waals surface area contributed by atoms with E-state index < -0.39 is 6.09 Å². The van der Waals surface area contributed by atoms with Crippen LogP contribution in [0.5, 0.6) is 5.75 Å². The van der Waals surface area contributed by atoms with Crippen LogP contribution in [-0.4, -0.2) is 55.1 Å². The maximum Gasteiger partial charge on any atom is 0.415 e. The number of nitrogen functional groups attached to an aromatic ring is 2. The molecule has 0 aliphatic carbocycles. The number of azo groups is 1. The van der Waals surface area contributed by atoms with E-state index in [-0.39, 0.29) is 5.82 Å². The lowest BCUT2D eigenvalue weighted by molar-refractivity contribution is 0.159. The number of pyridine rings is 1. The molecule has 152 valence electrons. The molecule has 28 heavy (non-hydrogen) atoms. The van der Waals surface area contributed by atoms with E-state index in [2.05, 4.69) is 15.2 Å². The second kappa shape index (κ2) is 11.5. The number of nitrogens with two attached hydrogens (primary N) is 2. The van der Waals surface area contributed by atoms with Crippen LogP contribution < -0.4 is 16.2 Å². The van der Waals surface area contributed by atoms with Crippen LogP contribution in [0.1, 0.15) is 13.8 Å². The molecule has 0 fully saturated rings. The predicted molar refractivity (Wildman–Crippen MR) is 112 cm³/mol. The SMILES string of the molecule is CC.CN(C)CCN(C)C(=O)Oc1ccccc1N=Nc1ccc(N)nc1N. The molecule has 2 rings (SSSR count). The van der Waals surface area contributed by atoms with E-state index in [0.29, 0.717) is 29.5 Å². The van der Waals surface area contributed by atoms with Gasteiger partial charge in [-0.05, 0) is 38.4 Å². The lowest BCUT2D eigenvalue weighted by atomic mass is 10.3. The van der Waals surface area contributed by atoms with Gasteiger partial charge >= 0.3 is 6.09 Å². The first-order valence-electron chi connectivity index (χ1n) is 8.97. The summed E-state index contributed by atoms with van der Waals surface area (Å²) in [6, 6.07) is 10.1. The Kier molecular flexibility index (Phi) is 9.38. The van der Waals surface area contributed by atoms with Gasteiger partial charge in [0.1, 0.15) is 17.2 Å². The van der Waals surface area contributed by atoms with Crippen LogP contribution >= 0.6 is 0 Å². The van der Waals surface area contributed by atoms with Gasteiger partial charge in [0.05, 0.1) is 0 Å². The van der Waals surface area contributed by atoms with E-state index in [4.69, 9.17) is 16.2 Å². The van der Waals surface area contributed by atoms with Crippen molar-refractivity contribution >= 4 is 29.1 Å². The highest BCUT2D eigenvalue weighted by Crippen LogP contribution is 2.30. The van der Waals surface area contributed by atoms with Gasteiger partial charge in [-0.1, -0.05) is 26.0 Å². The number of para-hydroxylation sites is 1. The summed E-state index contributed by atoms with van der Waals surface area (Å²) in [5.74, 6) is 0.781. The highest BCUT2D eigenvalue weighted by molar-refractivity contribution is 5.72. The number of rotatable bonds is 6. The zero-order valence-electron chi connectivity index (χ0n) is 17.1. The molecule has 0 bridgehead atoms. The first kappa shape index (κ1) is 22.8. The maximum absolute atomic E-state index is 12.2. The van der Waals surface area contributed by atoms with E-state index in [9.17, 15) is 4.79 Å². The minimum atomic E-state index is -0.469. The Morgan fingerprint density at radius 3 is 2.29 bits per heavy atom. The molecule has 0 radical (unpaired) electrons. The Hall–Kier alpha value is -3.20. The molecule has 0 saturated heterocycles. The van der Waals surface area contributed by atoms with Gasteiger partial charge in [0.25, 0.3) is 0 Å². The number of aromatic nitrogens is 1. The Labute approximate surface area is 166 Å². The van der Waals surface area contributed by atoms with Crippen molar-refractivity contribution in [2.24, 2.45) is 10.2 Å². The van der Waals surface area contributed by atoms with Crippen LogP contribution in [0.25, 0.3) is 0 Å². The number of ether oxygens (including phenoxy) is 1. The summed E-state index contributed by atoms with van der Waals surface area (Å²) >= 11 is 0. The Morgan fingerprint density at radius 1 is 1.00 bits per heavy atom. The van der Waals surface area contributed by atoms with Crippen molar-refractivity contribution in [3.8, 4) is 5.75 Å². The quantitative estimate of drug-likeness (QED) is 0.729. The minimum absolute atomic E-state index is 0.173. The average molecular weight is 387 g/mol. The fourth-order valence-electron chi connectivity index (χ4n) is 1.91. The van der Waals surface area contributed by atoms with Gasteiger partial charge in [0, 0.05) is 20.1 Å². The van der Waals surface area contributed by atoms with E-state index in [1.54, 1.807) is 43.4 Å². The zero-order valence-corrected chi connectivity index (χ0v) is 17.1. The molecular weight excluding hydrogens is 358 g/mol. The summed E-state index contributed by atoms with van der Waals surface area (Å²) < 4.78 is 5.43. The van der Waals surface area contributed by atoms with Crippen LogP contribution in [0.3, 0.4) is 0 Å². The van der Waals surface area contributed by atoms with Crippen molar-refractivity contribution in [2.75, 3.05) is 45.7 Å². The average Bonchev–Trinajstić information content (AvgIpc) is 2.68. The third kappa shape index (κ3) is 7.20. The topological polar surface area (TPSA) is 122 Å². The highest BCUT2D eigenvalue weighted by atomic mass is 16.6. The van der Waals surface area contributed by atoms with Gasteiger partial charge in [-0.2, -0.15) is 0 Å². The van der Waals surface area contributed by atoms with Crippen molar-refractivity contribution < 1.29 is 9.53 Å². The largest absolute Gasteiger partial charge is 0.415 e. The van der Waals surface area contributed by atoms with Gasteiger partial charge in [-0.3, -0.25) is 0 Å². The number of anilines is 2. The molecule has 1 aromatic carbocycles. The molecule has 0 unspecified atom stereocenters. The van der Waals surface area contributed by atoms with Crippen molar-refractivity contribution in [3.05, 3.63) is 36.4 Å². The standard InChI is InChI=1S/C17H23N7O2.C2H6/c1-23(2)10-11-24(3)17(25)26-14-7-5-4-6-12(14)21-22-13-8-9-15(18)20-16(13)19;1-2/h4-9H,10-11H2,1-3H3,(H4,18,19,20);1-2H3. The summed E-state index contributed by atoms with van der Waals surface area (Å²) in [5, 5.41) is 8.17. The Balaban J connectivity index is 0.00000190. The van der Waals surface area contributed by atoms with Crippen molar-refractivity contribution in [2.45, 2.75) is 13.8 Å². The zero-order chi connectivity index (χ0) is 21.1. The number of likely N-dealkylation sites (N-methyl/N-ethyl adjacent to an activating group) is 2. The second-order valence-electron chi connectivity index (χ2n) is 5.90. The van der Waals surface area contributed by atoms with Crippen LogP contribution in [-0.2, 0) is 0 Å². The fourth-order valence-corrected chi connectivity index (χ4v) is 1.91. The van der Waals surface area contributed by atoms with Gasteiger partial charge in [-0.15, -0.1) is 10.2 Å². The van der Waals surface area contributed by atoms with Crippen LogP contribution in [0.2, 0.25) is 0 Å². The third-order valence-corrected chi connectivity index (χ3v) is 3.45. The highest BCUT2D eigenvalue weighted by Gasteiger charge is 2.13. The minimum Gasteiger partial charge on any atom is -0.408 e. The second-order valence-corrected chi connectivity index (χ2v) is 5.90. The number of carbonyl (C=O) groups is 1. The lowest BCUT2D eigenvalue weighted by Gasteiger charge is -2.19. The monoisotopic (exact) mass is 387 g/mol. The molecule has 0 saturated carbocycles. The molecule has 0 aliphatic heterocycles. The molecule has 2 aromatic rings. The molecule has 1 heterocycles. The van der Waals surface area contributed by atoms with Crippen molar-refractivity contribution in [1.29, 1.82) is 0 Å². The Morgan fingerprint density at radius 2 is 1.64 bits per heavy atom. The number of benzene rings is 1. The maximum atomic E-state index is 12.2. The molecule has 9 heteroatoms. The van der Waals surface area contributed by atoms with E-state index in [0.717, 1.165) is 6.54 Å². The molecule has 1 aromatic heterocycles. The summed E-state index contributed by atoms with van der Waals surface area (Å²) in [7, 11) is 5.55. The van der Waals surface area contributed by atoms with Crippen LogP contribution in [0.4, 0.5) is 27.8 Å². The lowest BCUT2D eigenvalue weighted by Crippen LogP contribution is -2.35. The Bertz CT molecular complexity index is 794. The molecule has 0 atom stereocenters. The van der Waals surface area contributed by atoms with E-state index in [1.807, 2.05) is 32.8 Å². The van der Waals surface area contributed by atoms with Gasteiger partial charge in [0.2, 0.25) is 0 Å². The van der Waals surface area contributed by atoms with Crippen LogP contribution in [0.15, 0.2) is 46.6 Å². The van der Waals surface area contributed by atoms with Crippen LogP contribution in [0, 0.1) is 0 Å². The summed E-state index contributed by atoms with van der Waals surface area (Å²) in [4.78, 5) is 19.6. The predicted octanol–water partition coefficient (Wildman–Crippen LogP) is 3.68. The van der Waals surface area contributed by atoms with Gasteiger partial charge in [-0.25, -0.2) is 9.78 Å². The van der Waals surface area contributed by atoms with E-state index >= 15 is 0 Å². The molecule has 4 N–H and O–H groups in total. The number of carbonyl (C=O) groups excluding carboxylic acids is 1. The molecule has 0 aliphatic rings. The molecular formula is C19H29N7O2. The number of nitrogens with zero attached hydrogens (tertiary/aromatic N) is 5.